The van der Waals surface area contributed by atoms with Crippen molar-refractivity contribution in [1.82, 2.24) is 4.90 Å². The molecule has 0 fully saturated rings. The number of hydrogen-bond acceptors (Lipinski definition) is 4. The highest BCUT2D eigenvalue weighted by Gasteiger charge is 2.20. The second-order valence-electron chi connectivity index (χ2n) is 10.7. The molecule has 0 spiro atoms. The van der Waals surface area contributed by atoms with Gasteiger partial charge < -0.3 is 15.1 Å². The van der Waals surface area contributed by atoms with Crippen LogP contribution in [-0.4, -0.2) is 41.9 Å². The van der Waals surface area contributed by atoms with Crippen LogP contribution in [0, 0.1) is 0 Å². The van der Waals surface area contributed by atoms with Gasteiger partial charge >= 0.3 is 0 Å². The van der Waals surface area contributed by atoms with Gasteiger partial charge in [0.25, 0.3) is 0 Å². The molecule has 212 valence electrons. The molecular weight excluding hydrogens is 586 g/mol. The Morgan fingerprint density at radius 3 is 2.30 bits per heavy atom. The molecule has 0 bridgehead atoms. The number of allylic oxidation sites excluding steroid dienone is 2. The molecule has 40 heavy (non-hydrogen) atoms. The van der Waals surface area contributed by atoms with Gasteiger partial charge in [-0.15, -0.1) is 0 Å². The van der Waals surface area contributed by atoms with Gasteiger partial charge in [-0.05, 0) is 71.6 Å². The summed E-state index contributed by atoms with van der Waals surface area (Å²) in [6.07, 6.45) is 3.46. The van der Waals surface area contributed by atoms with Crippen molar-refractivity contribution in [1.29, 1.82) is 0 Å². The molecule has 0 aliphatic heterocycles. The van der Waals surface area contributed by atoms with E-state index in [1.807, 2.05) is 38.4 Å². The molecule has 1 aliphatic carbocycles. The van der Waals surface area contributed by atoms with Gasteiger partial charge in [0.15, 0.2) is 0 Å². The fourth-order valence-corrected chi connectivity index (χ4v) is 6.07. The Kier molecular flexibility index (Phi) is 10.2. The molecule has 1 unspecified atom stereocenters. The van der Waals surface area contributed by atoms with E-state index in [1.54, 1.807) is 24.3 Å². The number of phenols is 1. The SMILES string of the molecule is CC(C)c1ccc(-c2cc(O)cc(CN(C)Cc3c(Cl)cccc3Cl)c2Cl)cc1N(C)CC1=C(Cl)C=CC(O)C1. The largest absolute Gasteiger partial charge is 0.508 e. The summed E-state index contributed by atoms with van der Waals surface area (Å²) in [5.74, 6) is 0.426. The fraction of sp³-hybridized carbons (Fsp3) is 0.312. The Balaban J connectivity index is 1.66. The molecule has 3 aromatic rings. The lowest BCUT2D eigenvalue weighted by atomic mass is 9.94. The first-order valence-electron chi connectivity index (χ1n) is 13.2. The smallest absolute Gasteiger partial charge is 0.116 e. The van der Waals surface area contributed by atoms with E-state index in [9.17, 15) is 10.2 Å². The Morgan fingerprint density at radius 1 is 0.925 bits per heavy atom. The van der Waals surface area contributed by atoms with Crippen LogP contribution in [0.15, 0.2) is 71.3 Å². The summed E-state index contributed by atoms with van der Waals surface area (Å²) in [5.41, 5.74) is 6.50. The molecule has 3 aromatic carbocycles. The van der Waals surface area contributed by atoms with Crippen molar-refractivity contribution in [2.75, 3.05) is 25.5 Å². The number of nitrogens with zero attached hydrogens (tertiary/aromatic N) is 2. The summed E-state index contributed by atoms with van der Waals surface area (Å²) in [6.45, 7) is 5.91. The average Bonchev–Trinajstić information content (AvgIpc) is 2.90. The molecule has 0 radical (unpaired) electrons. The number of rotatable bonds is 9. The zero-order valence-electron chi connectivity index (χ0n) is 23.1. The molecule has 8 heteroatoms. The van der Waals surface area contributed by atoms with Crippen LogP contribution >= 0.6 is 46.4 Å². The first-order valence-corrected chi connectivity index (χ1v) is 14.7. The lowest BCUT2D eigenvalue weighted by molar-refractivity contribution is 0.221. The molecular formula is C32H34Cl4N2O2. The Morgan fingerprint density at radius 2 is 1.62 bits per heavy atom. The predicted molar refractivity (Wildman–Crippen MR) is 170 cm³/mol. The topological polar surface area (TPSA) is 46.9 Å². The molecule has 0 amide bonds. The Bertz CT molecular complexity index is 1430. The molecule has 0 aromatic heterocycles. The van der Waals surface area contributed by atoms with E-state index in [1.165, 1.54) is 5.56 Å². The van der Waals surface area contributed by atoms with Crippen LogP contribution < -0.4 is 4.90 Å². The predicted octanol–water partition coefficient (Wildman–Crippen LogP) is 9.02. The maximum atomic E-state index is 10.7. The first kappa shape index (κ1) is 30.8. The number of aliphatic hydroxyl groups excluding tert-OH is 1. The molecule has 1 aliphatic rings. The summed E-state index contributed by atoms with van der Waals surface area (Å²) >= 11 is 26.2. The molecule has 0 saturated carbocycles. The van der Waals surface area contributed by atoms with Crippen molar-refractivity contribution >= 4 is 52.1 Å². The summed E-state index contributed by atoms with van der Waals surface area (Å²) < 4.78 is 0. The minimum Gasteiger partial charge on any atom is -0.508 e. The van der Waals surface area contributed by atoms with Crippen molar-refractivity contribution in [2.24, 2.45) is 0 Å². The van der Waals surface area contributed by atoms with Crippen LogP contribution in [-0.2, 0) is 13.1 Å². The zero-order chi connectivity index (χ0) is 29.1. The number of phenolic OH excluding ortho intramolecular Hbond substituents is 1. The maximum Gasteiger partial charge on any atom is 0.116 e. The first-order chi connectivity index (χ1) is 18.9. The highest BCUT2D eigenvalue weighted by molar-refractivity contribution is 6.36. The van der Waals surface area contributed by atoms with Gasteiger partial charge in [-0.25, -0.2) is 0 Å². The maximum absolute atomic E-state index is 10.7. The van der Waals surface area contributed by atoms with Crippen LogP contribution in [0.25, 0.3) is 11.1 Å². The van der Waals surface area contributed by atoms with Crippen molar-refractivity contribution in [2.45, 2.75) is 45.4 Å². The average molecular weight is 620 g/mol. The van der Waals surface area contributed by atoms with Gasteiger partial charge in [0, 0.05) is 65.0 Å². The van der Waals surface area contributed by atoms with Crippen LogP contribution in [0.4, 0.5) is 5.69 Å². The summed E-state index contributed by atoms with van der Waals surface area (Å²) in [6, 6.07) is 15.1. The standard InChI is InChI=1S/C32H34Cl4N2O2/c1-19(2)25-10-8-20(14-31(25)38(4)17-21-12-23(39)9-11-28(21)33)26-15-24(40)13-22(32(26)36)16-37(3)18-27-29(34)6-5-7-30(27)35/h5-11,13-15,19,23,39-40H,12,16-18H2,1-4H3. The number of halogens is 4. The van der Waals surface area contributed by atoms with Crippen LogP contribution in [0.2, 0.25) is 15.1 Å². The van der Waals surface area contributed by atoms with E-state index in [2.05, 4.69) is 35.8 Å². The van der Waals surface area contributed by atoms with Gasteiger partial charge in [0.1, 0.15) is 5.75 Å². The monoisotopic (exact) mass is 618 g/mol. The van der Waals surface area contributed by atoms with E-state index in [-0.39, 0.29) is 11.7 Å². The third kappa shape index (κ3) is 7.17. The van der Waals surface area contributed by atoms with Gasteiger partial charge in [-0.3, -0.25) is 4.90 Å². The number of anilines is 1. The highest BCUT2D eigenvalue weighted by atomic mass is 35.5. The number of likely N-dealkylation sites (N-methyl/N-ethyl adjacent to an activating group) is 1. The Labute approximate surface area is 257 Å². The fourth-order valence-electron chi connectivity index (χ4n) is 5.07. The van der Waals surface area contributed by atoms with Crippen LogP contribution in [0.5, 0.6) is 5.75 Å². The molecule has 1 atom stereocenters. The second kappa shape index (κ2) is 13.2. The lowest BCUT2D eigenvalue weighted by Crippen LogP contribution is -2.25. The van der Waals surface area contributed by atoms with E-state index in [0.29, 0.717) is 46.2 Å². The van der Waals surface area contributed by atoms with Crippen molar-refractivity contribution in [3.63, 3.8) is 0 Å². The van der Waals surface area contributed by atoms with E-state index < -0.39 is 6.10 Å². The lowest BCUT2D eigenvalue weighted by Gasteiger charge is -2.28. The summed E-state index contributed by atoms with van der Waals surface area (Å²) in [4.78, 5) is 4.21. The number of hydrogen-bond donors (Lipinski definition) is 2. The van der Waals surface area contributed by atoms with Gasteiger partial charge in [0.2, 0.25) is 0 Å². The van der Waals surface area contributed by atoms with E-state index in [4.69, 9.17) is 46.4 Å². The molecule has 2 N–H and O–H groups in total. The second-order valence-corrected chi connectivity index (χ2v) is 12.3. The van der Waals surface area contributed by atoms with E-state index in [0.717, 1.165) is 33.5 Å². The van der Waals surface area contributed by atoms with Gasteiger partial charge in [-0.1, -0.05) is 84.5 Å². The summed E-state index contributed by atoms with van der Waals surface area (Å²) in [5, 5.41) is 23.3. The quantitative estimate of drug-likeness (QED) is 0.251. The molecule has 4 rings (SSSR count). The minimum absolute atomic E-state index is 0.140. The highest BCUT2D eigenvalue weighted by Crippen LogP contribution is 2.39. The van der Waals surface area contributed by atoms with Crippen molar-refractivity contribution in [3.8, 4) is 16.9 Å². The number of aliphatic hydroxyl groups is 1. The third-order valence-corrected chi connectivity index (χ3v) is 8.67. The van der Waals surface area contributed by atoms with Crippen molar-refractivity contribution in [3.05, 3.63) is 103 Å². The van der Waals surface area contributed by atoms with Crippen molar-refractivity contribution < 1.29 is 10.2 Å². The summed E-state index contributed by atoms with van der Waals surface area (Å²) in [7, 11) is 3.98. The number of aromatic hydroxyl groups is 1. The number of benzene rings is 3. The van der Waals surface area contributed by atoms with Gasteiger partial charge in [0.05, 0.1) is 11.1 Å². The zero-order valence-corrected chi connectivity index (χ0v) is 26.1. The molecule has 0 saturated heterocycles. The third-order valence-electron chi connectivity index (χ3n) is 7.12. The molecule has 0 heterocycles. The normalized spacial score (nSPS) is 15.4. The molecule has 4 nitrogen and oxygen atoms in total. The van der Waals surface area contributed by atoms with Crippen LogP contribution in [0.3, 0.4) is 0 Å². The van der Waals surface area contributed by atoms with Crippen LogP contribution in [0.1, 0.15) is 42.9 Å². The Hall–Kier alpha value is -2.18. The van der Waals surface area contributed by atoms with Gasteiger partial charge in [-0.2, -0.15) is 0 Å². The minimum atomic E-state index is -0.529. The van der Waals surface area contributed by atoms with E-state index >= 15 is 0 Å².